The number of halogens is 3. The number of hydrogen-bond donors (Lipinski definition) is 1. The van der Waals surface area contributed by atoms with Crippen molar-refractivity contribution in [3.8, 4) is 0 Å². The van der Waals surface area contributed by atoms with E-state index < -0.39 is 17.2 Å². The van der Waals surface area contributed by atoms with E-state index in [1.807, 2.05) is 0 Å². The van der Waals surface area contributed by atoms with Crippen LogP contribution in [-0.2, 0) is 15.7 Å². The van der Waals surface area contributed by atoms with E-state index in [2.05, 4.69) is 20.3 Å². The van der Waals surface area contributed by atoms with Crippen LogP contribution in [-0.4, -0.2) is 29.8 Å². The predicted octanol–water partition coefficient (Wildman–Crippen LogP) is 1.14. The van der Waals surface area contributed by atoms with Gasteiger partial charge in [0.2, 0.25) is 10.1 Å². The van der Waals surface area contributed by atoms with Crippen LogP contribution in [0.15, 0.2) is 0 Å². The van der Waals surface area contributed by atoms with Gasteiger partial charge in [0.25, 0.3) is 0 Å². The van der Waals surface area contributed by atoms with Crippen molar-refractivity contribution >= 4 is 22.4 Å². The quantitative estimate of drug-likeness (QED) is 0.804. The zero-order chi connectivity index (χ0) is 11.5. The fourth-order valence-electron chi connectivity index (χ4n) is 0.629. The van der Waals surface area contributed by atoms with Crippen molar-refractivity contribution in [3.63, 3.8) is 0 Å². The van der Waals surface area contributed by atoms with Crippen molar-refractivity contribution < 1.29 is 22.7 Å². The Kier molecular flexibility index (Phi) is 3.45. The van der Waals surface area contributed by atoms with Gasteiger partial charge in [-0.1, -0.05) is 11.3 Å². The van der Waals surface area contributed by atoms with Gasteiger partial charge in [0.05, 0.1) is 7.11 Å². The van der Waals surface area contributed by atoms with Gasteiger partial charge in [0.1, 0.15) is 6.54 Å². The Morgan fingerprint density at radius 3 is 2.67 bits per heavy atom. The summed E-state index contributed by atoms with van der Waals surface area (Å²) in [6.07, 6.45) is -4.51. The first-order chi connectivity index (χ1) is 6.93. The molecule has 0 aliphatic heterocycles. The lowest BCUT2D eigenvalue weighted by Crippen LogP contribution is -2.14. The summed E-state index contributed by atoms with van der Waals surface area (Å²) in [4.78, 5) is 10.6. The maximum Gasteiger partial charge on any atom is 0.445 e. The lowest BCUT2D eigenvalue weighted by atomic mass is 10.7. The monoisotopic (exact) mass is 241 g/mol. The van der Waals surface area contributed by atoms with Crippen LogP contribution in [0.4, 0.5) is 18.3 Å². The van der Waals surface area contributed by atoms with E-state index in [0.717, 1.165) is 0 Å². The van der Waals surface area contributed by atoms with Gasteiger partial charge in [-0.05, 0) is 0 Å². The summed E-state index contributed by atoms with van der Waals surface area (Å²) in [5, 5.41) is 7.36. The third-order valence-electron chi connectivity index (χ3n) is 1.28. The third kappa shape index (κ3) is 3.35. The van der Waals surface area contributed by atoms with Crippen LogP contribution in [0.1, 0.15) is 5.01 Å². The molecule has 0 amide bonds. The van der Waals surface area contributed by atoms with E-state index in [0.29, 0.717) is 11.3 Å². The molecule has 5 nitrogen and oxygen atoms in total. The molecule has 15 heavy (non-hydrogen) atoms. The van der Waals surface area contributed by atoms with Gasteiger partial charge in [0, 0.05) is 0 Å². The van der Waals surface area contributed by atoms with Gasteiger partial charge >= 0.3 is 12.1 Å². The van der Waals surface area contributed by atoms with Crippen LogP contribution in [0.25, 0.3) is 0 Å². The first kappa shape index (κ1) is 11.7. The number of rotatable bonds is 3. The number of carbonyl (C=O) groups is 1. The van der Waals surface area contributed by atoms with Crippen LogP contribution in [0.2, 0.25) is 0 Å². The topological polar surface area (TPSA) is 64.1 Å². The molecule has 0 bridgehead atoms. The van der Waals surface area contributed by atoms with Crippen LogP contribution < -0.4 is 5.32 Å². The molecule has 0 atom stereocenters. The summed E-state index contributed by atoms with van der Waals surface area (Å²) in [7, 11) is 1.17. The number of alkyl halides is 3. The summed E-state index contributed by atoms with van der Waals surface area (Å²) in [5.41, 5.74) is 0. The Balaban J connectivity index is 2.58. The van der Waals surface area contributed by atoms with Gasteiger partial charge in [-0.3, -0.25) is 4.79 Å². The normalized spacial score (nSPS) is 11.2. The maximum absolute atomic E-state index is 12.1. The molecule has 0 aromatic carbocycles. The highest BCUT2D eigenvalue weighted by molar-refractivity contribution is 7.15. The summed E-state index contributed by atoms with van der Waals surface area (Å²) >= 11 is 0.326. The van der Waals surface area contributed by atoms with E-state index in [9.17, 15) is 18.0 Å². The standard InChI is InChI=1S/C6H6F3N3O2S/c1-14-3(13)2-10-5-12-11-4(15-5)6(7,8)9/h2H2,1H3,(H,10,12). The molecule has 9 heteroatoms. The number of hydrogen-bond acceptors (Lipinski definition) is 6. The average molecular weight is 241 g/mol. The van der Waals surface area contributed by atoms with Gasteiger partial charge in [-0.2, -0.15) is 13.2 Å². The Labute approximate surface area is 86.3 Å². The second-order valence-electron chi connectivity index (χ2n) is 2.34. The highest BCUT2D eigenvalue weighted by atomic mass is 32.1. The van der Waals surface area contributed by atoms with Gasteiger partial charge < -0.3 is 10.1 Å². The van der Waals surface area contributed by atoms with E-state index in [1.54, 1.807) is 0 Å². The molecule has 1 heterocycles. The maximum atomic E-state index is 12.1. The third-order valence-corrected chi connectivity index (χ3v) is 2.20. The molecule has 0 saturated heterocycles. The van der Waals surface area contributed by atoms with E-state index in [1.165, 1.54) is 7.11 Å². The van der Waals surface area contributed by atoms with Crippen molar-refractivity contribution in [3.05, 3.63) is 5.01 Å². The highest BCUT2D eigenvalue weighted by Crippen LogP contribution is 2.32. The Hall–Kier alpha value is -1.38. The summed E-state index contributed by atoms with van der Waals surface area (Å²) in [6, 6.07) is 0. The molecule has 1 rings (SSSR count). The molecule has 0 aliphatic carbocycles. The molecule has 0 spiro atoms. The van der Waals surface area contributed by atoms with Crippen molar-refractivity contribution in [1.29, 1.82) is 0 Å². The van der Waals surface area contributed by atoms with Gasteiger partial charge in [-0.25, -0.2) is 0 Å². The molecule has 1 aromatic rings. The molecule has 1 N–H and O–H groups in total. The Morgan fingerprint density at radius 2 is 2.20 bits per heavy atom. The number of aromatic nitrogens is 2. The molecular formula is C6H6F3N3O2S. The highest BCUT2D eigenvalue weighted by Gasteiger charge is 2.35. The van der Waals surface area contributed by atoms with Crippen molar-refractivity contribution in [2.45, 2.75) is 6.18 Å². The van der Waals surface area contributed by atoms with Crippen LogP contribution in [0.3, 0.4) is 0 Å². The van der Waals surface area contributed by atoms with E-state index in [4.69, 9.17) is 0 Å². The molecule has 0 unspecified atom stereocenters. The molecule has 84 valence electrons. The van der Waals surface area contributed by atoms with Crippen molar-refractivity contribution in [2.75, 3.05) is 19.0 Å². The summed E-state index contributed by atoms with van der Waals surface area (Å²) in [6.45, 7) is -0.247. The summed E-state index contributed by atoms with van der Waals surface area (Å²) in [5.74, 6) is -0.598. The minimum absolute atomic E-state index is 0.0762. The number of anilines is 1. The average Bonchev–Trinajstić information content (AvgIpc) is 2.61. The fourth-order valence-corrected chi connectivity index (χ4v) is 1.24. The van der Waals surface area contributed by atoms with Crippen LogP contribution in [0, 0.1) is 0 Å². The van der Waals surface area contributed by atoms with Gasteiger partial charge in [0.15, 0.2) is 0 Å². The molecule has 0 saturated carbocycles. The minimum atomic E-state index is -4.51. The second-order valence-corrected chi connectivity index (χ2v) is 3.32. The number of ether oxygens (including phenoxy) is 1. The molecule has 0 fully saturated rings. The van der Waals surface area contributed by atoms with Crippen molar-refractivity contribution in [2.24, 2.45) is 0 Å². The molecule has 0 aliphatic rings. The van der Waals surface area contributed by atoms with Gasteiger partial charge in [-0.15, -0.1) is 10.2 Å². The second kappa shape index (κ2) is 4.43. The minimum Gasteiger partial charge on any atom is -0.468 e. The molecule has 1 aromatic heterocycles. The Bertz CT molecular complexity index is 352. The SMILES string of the molecule is COC(=O)CNc1nnc(C(F)(F)F)s1. The predicted molar refractivity (Wildman–Crippen MR) is 45.4 cm³/mol. The largest absolute Gasteiger partial charge is 0.468 e. The lowest BCUT2D eigenvalue weighted by Gasteiger charge is -1.99. The number of esters is 1. The Morgan fingerprint density at radius 1 is 1.53 bits per heavy atom. The lowest BCUT2D eigenvalue weighted by molar-refractivity contribution is -0.139. The first-order valence-corrected chi connectivity index (χ1v) is 4.46. The number of nitrogens with zero attached hydrogens (tertiary/aromatic N) is 2. The summed E-state index contributed by atoms with van der Waals surface area (Å²) < 4.78 is 40.4. The number of methoxy groups -OCH3 is 1. The van der Waals surface area contributed by atoms with Crippen LogP contribution >= 0.6 is 11.3 Å². The zero-order valence-corrected chi connectivity index (χ0v) is 8.28. The number of carbonyl (C=O) groups excluding carboxylic acids is 1. The number of nitrogens with one attached hydrogen (secondary N) is 1. The van der Waals surface area contributed by atoms with E-state index in [-0.39, 0.29) is 11.7 Å². The smallest absolute Gasteiger partial charge is 0.445 e. The van der Waals surface area contributed by atoms with Crippen LogP contribution in [0.5, 0.6) is 0 Å². The fraction of sp³-hybridized carbons (Fsp3) is 0.500. The molecular weight excluding hydrogens is 235 g/mol. The van der Waals surface area contributed by atoms with Crippen molar-refractivity contribution in [1.82, 2.24) is 10.2 Å². The zero-order valence-electron chi connectivity index (χ0n) is 7.46. The first-order valence-electron chi connectivity index (χ1n) is 3.65. The van der Waals surface area contributed by atoms with E-state index >= 15 is 0 Å². The molecule has 0 radical (unpaired) electrons.